The van der Waals surface area contributed by atoms with Crippen molar-refractivity contribution >= 4 is 17.7 Å². The first-order valence-corrected chi connectivity index (χ1v) is 9.78. The summed E-state index contributed by atoms with van der Waals surface area (Å²) < 4.78 is 5.75. The first-order chi connectivity index (χ1) is 12.0. The number of hydrogen-bond acceptors (Lipinski definition) is 5. The summed E-state index contributed by atoms with van der Waals surface area (Å²) in [5.41, 5.74) is 3.22. The van der Waals surface area contributed by atoms with Gasteiger partial charge in [-0.2, -0.15) is 0 Å². The highest BCUT2D eigenvalue weighted by Gasteiger charge is 2.22. The lowest BCUT2D eigenvalue weighted by Gasteiger charge is -2.23. The molecule has 0 spiro atoms. The van der Waals surface area contributed by atoms with Gasteiger partial charge >= 0.3 is 0 Å². The van der Waals surface area contributed by atoms with Crippen LogP contribution in [0.15, 0.2) is 27.8 Å². The van der Waals surface area contributed by atoms with Crippen LogP contribution >= 0.6 is 11.8 Å². The highest BCUT2D eigenvalue weighted by molar-refractivity contribution is 8.00. The molecule has 1 atom stereocenters. The number of rotatable bonds is 5. The number of carbonyl (C=O) groups is 1. The van der Waals surface area contributed by atoms with Crippen LogP contribution in [0, 0.1) is 13.8 Å². The van der Waals surface area contributed by atoms with Gasteiger partial charge in [-0.3, -0.25) is 4.79 Å². The van der Waals surface area contributed by atoms with E-state index in [2.05, 4.69) is 21.6 Å². The first kappa shape index (κ1) is 18.0. The van der Waals surface area contributed by atoms with E-state index in [9.17, 15) is 4.79 Å². The van der Waals surface area contributed by atoms with Crippen molar-refractivity contribution in [2.75, 3.05) is 0 Å². The molecule has 0 aliphatic heterocycles. The molecule has 0 bridgehead atoms. The second-order valence-corrected chi connectivity index (χ2v) is 8.15. The minimum atomic E-state index is -0.255. The van der Waals surface area contributed by atoms with Crippen molar-refractivity contribution in [3.8, 4) is 11.5 Å². The molecule has 1 aliphatic carbocycles. The summed E-state index contributed by atoms with van der Waals surface area (Å²) in [4.78, 5) is 12.4. The van der Waals surface area contributed by atoms with Crippen molar-refractivity contribution in [2.24, 2.45) is 0 Å². The van der Waals surface area contributed by atoms with Crippen LogP contribution in [0.4, 0.5) is 0 Å². The number of aryl methyl sites for hydroxylation is 2. The zero-order chi connectivity index (χ0) is 17.8. The molecular formula is C19H25N3O2S. The molecule has 1 saturated carbocycles. The van der Waals surface area contributed by atoms with E-state index in [1.54, 1.807) is 0 Å². The maximum absolute atomic E-state index is 12.4. The average molecular weight is 359 g/mol. The van der Waals surface area contributed by atoms with Gasteiger partial charge in [0, 0.05) is 11.6 Å². The number of carbonyl (C=O) groups excluding carboxylic acids is 1. The predicted molar refractivity (Wildman–Crippen MR) is 99.5 cm³/mol. The van der Waals surface area contributed by atoms with Gasteiger partial charge in [-0.15, -0.1) is 10.2 Å². The van der Waals surface area contributed by atoms with Gasteiger partial charge in [0.1, 0.15) is 0 Å². The van der Waals surface area contributed by atoms with E-state index in [0.717, 1.165) is 29.5 Å². The number of thioether (sulfide) groups is 1. The van der Waals surface area contributed by atoms with Crippen LogP contribution in [0.1, 0.15) is 50.2 Å². The third kappa shape index (κ3) is 4.84. The van der Waals surface area contributed by atoms with Crippen molar-refractivity contribution in [3.63, 3.8) is 0 Å². The molecule has 2 aromatic rings. The Morgan fingerprint density at radius 2 is 1.84 bits per heavy atom. The van der Waals surface area contributed by atoms with Gasteiger partial charge in [0.2, 0.25) is 11.8 Å². The van der Waals surface area contributed by atoms with E-state index in [1.807, 2.05) is 32.9 Å². The van der Waals surface area contributed by atoms with E-state index in [0.29, 0.717) is 17.2 Å². The fraction of sp³-hybridized carbons (Fsp3) is 0.526. The molecule has 6 heteroatoms. The lowest BCUT2D eigenvalue weighted by atomic mass is 9.95. The van der Waals surface area contributed by atoms with Gasteiger partial charge in [-0.05, 0) is 45.7 Å². The Hall–Kier alpha value is -1.82. The molecule has 1 fully saturated rings. The summed E-state index contributed by atoms with van der Waals surface area (Å²) in [6.07, 6.45) is 5.85. The highest BCUT2D eigenvalue weighted by atomic mass is 32.2. The molecule has 3 rings (SSSR count). The second kappa shape index (κ2) is 8.04. The standard InChI is InChI=1S/C19H25N3O2S/c1-12-9-13(2)11-15(10-12)18-21-22-19(24-18)25-14(3)17(23)20-16-7-5-4-6-8-16/h9-11,14,16H,4-8H2,1-3H3,(H,20,23). The molecule has 1 N–H and O–H groups in total. The van der Waals surface area contributed by atoms with E-state index in [-0.39, 0.29) is 11.2 Å². The van der Waals surface area contributed by atoms with Crippen molar-refractivity contribution in [1.82, 2.24) is 15.5 Å². The highest BCUT2D eigenvalue weighted by Crippen LogP contribution is 2.27. The van der Waals surface area contributed by atoms with Crippen LogP contribution in [0.5, 0.6) is 0 Å². The Balaban J connectivity index is 1.61. The summed E-state index contributed by atoms with van der Waals surface area (Å²) in [5, 5.41) is 11.5. The number of nitrogens with zero attached hydrogens (tertiary/aromatic N) is 2. The van der Waals surface area contributed by atoms with Crippen LogP contribution in [0.25, 0.3) is 11.5 Å². The Labute approximate surface area is 153 Å². The van der Waals surface area contributed by atoms with E-state index >= 15 is 0 Å². The number of amides is 1. The van der Waals surface area contributed by atoms with Crippen LogP contribution in [0.2, 0.25) is 0 Å². The average Bonchev–Trinajstić information content (AvgIpc) is 3.03. The van der Waals surface area contributed by atoms with Crippen molar-refractivity contribution in [1.29, 1.82) is 0 Å². The Bertz CT molecular complexity index is 718. The molecule has 5 nitrogen and oxygen atoms in total. The Kier molecular flexibility index (Phi) is 5.78. The summed E-state index contributed by atoms with van der Waals surface area (Å²) in [7, 11) is 0. The van der Waals surface area contributed by atoms with Crippen molar-refractivity contribution in [3.05, 3.63) is 29.3 Å². The first-order valence-electron chi connectivity index (χ1n) is 8.90. The quantitative estimate of drug-likeness (QED) is 0.807. The molecule has 1 heterocycles. The number of hydrogen-bond donors (Lipinski definition) is 1. The molecule has 25 heavy (non-hydrogen) atoms. The summed E-state index contributed by atoms with van der Waals surface area (Å²) in [6.45, 7) is 5.96. The van der Waals surface area contributed by atoms with Crippen LogP contribution < -0.4 is 5.32 Å². The maximum Gasteiger partial charge on any atom is 0.277 e. The minimum Gasteiger partial charge on any atom is -0.411 e. The number of nitrogens with one attached hydrogen (secondary N) is 1. The van der Waals surface area contributed by atoms with Gasteiger partial charge in [0.25, 0.3) is 5.22 Å². The molecule has 1 aromatic carbocycles. The van der Waals surface area contributed by atoms with Crippen molar-refractivity contribution < 1.29 is 9.21 Å². The maximum atomic E-state index is 12.4. The molecule has 134 valence electrons. The SMILES string of the molecule is Cc1cc(C)cc(-c2nnc(SC(C)C(=O)NC3CCCCC3)o2)c1. The Morgan fingerprint density at radius 3 is 2.52 bits per heavy atom. The lowest BCUT2D eigenvalue weighted by molar-refractivity contribution is -0.121. The fourth-order valence-electron chi connectivity index (χ4n) is 3.24. The van der Waals surface area contributed by atoms with Crippen LogP contribution in [0.3, 0.4) is 0 Å². The van der Waals surface area contributed by atoms with Gasteiger partial charge in [-0.25, -0.2) is 0 Å². The molecule has 1 unspecified atom stereocenters. The van der Waals surface area contributed by atoms with E-state index in [4.69, 9.17) is 4.42 Å². The topological polar surface area (TPSA) is 68.0 Å². The summed E-state index contributed by atoms with van der Waals surface area (Å²) in [5.74, 6) is 0.539. The fourth-order valence-corrected chi connectivity index (χ4v) is 3.93. The second-order valence-electron chi connectivity index (χ2n) is 6.85. The van der Waals surface area contributed by atoms with E-state index < -0.39 is 0 Å². The third-order valence-electron chi connectivity index (χ3n) is 4.47. The molecule has 1 aromatic heterocycles. The van der Waals surface area contributed by atoms with Gasteiger partial charge in [-0.1, -0.05) is 48.2 Å². The molecular weight excluding hydrogens is 334 g/mol. The third-order valence-corrected chi connectivity index (χ3v) is 5.41. The Morgan fingerprint density at radius 1 is 1.16 bits per heavy atom. The smallest absolute Gasteiger partial charge is 0.277 e. The molecule has 0 saturated heterocycles. The zero-order valence-corrected chi connectivity index (χ0v) is 15.9. The monoisotopic (exact) mass is 359 g/mol. The van der Waals surface area contributed by atoms with Gasteiger partial charge in [0.05, 0.1) is 5.25 Å². The normalized spacial score (nSPS) is 16.6. The number of aromatic nitrogens is 2. The van der Waals surface area contributed by atoms with Gasteiger partial charge in [0.15, 0.2) is 0 Å². The van der Waals surface area contributed by atoms with Crippen molar-refractivity contribution in [2.45, 2.75) is 69.4 Å². The predicted octanol–water partition coefficient (Wildman–Crippen LogP) is 4.28. The molecule has 1 amide bonds. The summed E-state index contributed by atoms with van der Waals surface area (Å²) >= 11 is 1.31. The number of benzene rings is 1. The molecule has 1 aliphatic rings. The van der Waals surface area contributed by atoms with Crippen LogP contribution in [-0.2, 0) is 4.79 Å². The summed E-state index contributed by atoms with van der Waals surface area (Å²) in [6, 6.07) is 6.47. The minimum absolute atomic E-state index is 0.0445. The van der Waals surface area contributed by atoms with Crippen LogP contribution in [-0.4, -0.2) is 27.4 Å². The largest absolute Gasteiger partial charge is 0.411 e. The zero-order valence-electron chi connectivity index (χ0n) is 15.0. The lowest BCUT2D eigenvalue weighted by Crippen LogP contribution is -2.40. The van der Waals surface area contributed by atoms with E-state index in [1.165, 1.54) is 31.0 Å². The van der Waals surface area contributed by atoms with Gasteiger partial charge < -0.3 is 9.73 Å². The molecule has 0 radical (unpaired) electrons.